The summed E-state index contributed by atoms with van der Waals surface area (Å²) < 4.78 is 31.9. The lowest BCUT2D eigenvalue weighted by Gasteiger charge is -2.38. The van der Waals surface area contributed by atoms with Gasteiger partial charge in [-0.05, 0) is 43.2 Å². The van der Waals surface area contributed by atoms with Crippen molar-refractivity contribution in [1.82, 2.24) is 15.2 Å². The highest BCUT2D eigenvalue weighted by molar-refractivity contribution is 7.94. The van der Waals surface area contributed by atoms with Crippen LogP contribution in [0.4, 0.5) is 0 Å². The molecule has 0 radical (unpaired) electrons. The summed E-state index contributed by atoms with van der Waals surface area (Å²) in [7, 11) is -4.08. The summed E-state index contributed by atoms with van der Waals surface area (Å²) >= 11 is 0. The van der Waals surface area contributed by atoms with Gasteiger partial charge in [0.1, 0.15) is 4.75 Å². The fourth-order valence-corrected chi connectivity index (χ4v) is 7.49. The van der Waals surface area contributed by atoms with Gasteiger partial charge in [-0.1, -0.05) is 60.7 Å². The van der Waals surface area contributed by atoms with Crippen LogP contribution in [0.25, 0.3) is 6.08 Å². The molecule has 5 N–H and O–H groups in total. The van der Waals surface area contributed by atoms with Gasteiger partial charge in [-0.2, -0.15) is 0 Å². The van der Waals surface area contributed by atoms with Gasteiger partial charge < -0.3 is 26.4 Å². The number of rotatable bonds is 9. The molecule has 2 aliphatic rings. The minimum atomic E-state index is -4.08. The molecule has 13 heteroatoms. The van der Waals surface area contributed by atoms with Crippen molar-refractivity contribution in [2.24, 2.45) is 16.5 Å². The number of nitrogens with one attached hydrogen (secondary N) is 1. The minimum absolute atomic E-state index is 0.0474. The Balaban J connectivity index is 1.40. The molecule has 0 saturated carbocycles. The molecule has 0 spiro atoms. The number of aliphatic imine (C=N–C) groups is 1. The van der Waals surface area contributed by atoms with Crippen molar-refractivity contribution in [3.63, 3.8) is 0 Å². The topological polar surface area (TPSA) is 187 Å². The lowest BCUT2D eigenvalue weighted by molar-refractivity contribution is -0.160. The lowest BCUT2D eigenvalue weighted by Crippen LogP contribution is -2.59. The molecule has 44 heavy (non-hydrogen) atoms. The Bertz CT molecular complexity index is 1710. The molecular weight excluding hydrogens is 584 g/mol. The fraction of sp³-hybridized carbons (Fsp3) is 0.258. The first-order chi connectivity index (χ1) is 20.9. The third-order valence-corrected chi connectivity index (χ3v) is 10.4. The molecule has 0 aliphatic carbocycles. The molecule has 1 unspecified atom stereocenters. The zero-order valence-corrected chi connectivity index (χ0v) is 24.9. The number of hydrogen-bond acceptors (Lipinski definition) is 8. The normalized spacial score (nSPS) is 20.5. The van der Waals surface area contributed by atoms with Crippen LogP contribution in [-0.2, 0) is 24.2 Å². The first-order valence-corrected chi connectivity index (χ1v) is 15.4. The second-order valence-electron chi connectivity index (χ2n) is 10.9. The van der Waals surface area contributed by atoms with Crippen LogP contribution in [-0.4, -0.2) is 71.3 Å². The van der Waals surface area contributed by atoms with Gasteiger partial charge in [0.2, 0.25) is 0 Å². The second-order valence-corrected chi connectivity index (χ2v) is 13.5. The fourth-order valence-electron chi connectivity index (χ4n) is 5.37. The molecule has 228 valence electrons. The molecule has 12 nitrogen and oxygen atoms in total. The molecule has 2 fully saturated rings. The largest absolute Gasteiger partial charge is 0.451 e. The molecule has 3 aromatic rings. The minimum Gasteiger partial charge on any atom is -0.451 e. The maximum absolute atomic E-state index is 13.8. The third kappa shape index (κ3) is 5.53. The van der Waals surface area contributed by atoms with Crippen molar-refractivity contribution in [3.8, 4) is 0 Å². The average molecular weight is 617 g/mol. The van der Waals surface area contributed by atoms with E-state index >= 15 is 0 Å². The van der Waals surface area contributed by atoms with Gasteiger partial charge in [-0.3, -0.25) is 19.6 Å². The molecule has 5 rings (SSSR count). The van der Waals surface area contributed by atoms with Gasteiger partial charge in [0.15, 0.2) is 33.3 Å². The van der Waals surface area contributed by atoms with Gasteiger partial charge >= 0.3 is 5.97 Å². The van der Waals surface area contributed by atoms with Crippen molar-refractivity contribution in [3.05, 3.63) is 107 Å². The van der Waals surface area contributed by atoms with Crippen molar-refractivity contribution in [2.45, 2.75) is 36.1 Å². The number of esters is 1. The summed E-state index contributed by atoms with van der Waals surface area (Å²) in [6, 6.07) is 19.7. The van der Waals surface area contributed by atoms with E-state index in [1.54, 1.807) is 0 Å². The predicted molar refractivity (Wildman–Crippen MR) is 163 cm³/mol. The number of sulfone groups is 1. The van der Waals surface area contributed by atoms with Gasteiger partial charge in [0, 0.05) is 18.3 Å². The van der Waals surface area contributed by atoms with Crippen LogP contribution in [0.3, 0.4) is 0 Å². The van der Waals surface area contributed by atoms with Crippen LogP contribution in [0.1, 0.15) is 47.1 Å². The summed E-state index contributed by atoms with van der Waals surface area (Å²) in [4.78, 5) is 48.9. The molecule has 1 aromatic heterocycles. The number of nitrogens with zero attached hydrogens (tertiary/aromatic N) is 3. The highest BCUT2D eigenvalue weighted by atomic mass is 32.2. The Morgan fingerprint density at radius 2 is 1.68 bits per heavy atom. The molecule has 2 aromatic carbocycles. The van der Waals surface area contributed by atoms with Gasteiger partial charge in [-0.15, -0.1) is 0 Å². The summed E-state index contributed by atoms with van der Waals surface area (Å²) in [5.41, 5.74) is 12.4. The van der Waals surface area contributed by atoms with E-state index in [4.69, 9.17) is 16.2 Å². The van der Waals surface area contributed by atoms with E-state index in [-0.39, 0.29) is 35.9 Å². The van der Waals surface area contributed by atoms with Crippen molar-refractivity contribution >= 4 is 39.7 Å². The Morgan fingerprint density at radius 3 is 2.27 bits per heavy atom. The molecule has 0 bridgehead atoms. The van der Waals surface area contributed by atoms with E-state index < -0.39 is 49.9 Å². The smallest absolute Gasteiger partial charge is 0.331 e. The quantitative estimate of drug-likeness (QED) is 0.0800. The van der Waals surface area contributed by atoms with E-state index in [9.17, 15) is 22.8 Å². The number of nitrogens with two attached hydrogens (primary N) is 2. The standard InChI is InChI=1S/C31H32N6O6S/c1-31(2)25(29(40)43-24(19-9-5-3-6-10-19)20-11-7-4-8-12-20)37-27(39)23(28(37)44(31,41)42)18-22-17-21(13-14-34-22)26(38)35-15-16-36-30(32)33/h3-14,17-18,24-25,28H,15-16H2,1-2H3,(H,35,38)(H4,32,33,36)/b23-18-/t25-,28?/m0/s1. The number of guanidine groups is 1. The Labute approximate surface area is 254 Å². The second kappa shape index (κ2) is 11.9. The maximum atomic E-state index is 13.8. The summed E-state index contributed by atoms with van der Waals surface area (Å²) in [6.07, 6.45) is 1.89. The molecule has 2 amide bonds. The number of carbonyl (C=O) groups excluding carboxylic acids is 3. The predicted octanol–water partition coefficient (Wildman–Crippen LogP) is 1.54. The molecule has 2 saturated heterocycles. The number of ether oxygens (including phenoxy) is 1. The van der Waals surface area contributed by atoms with Crippen LogP contribution in [0.5, 0.6) is 0 Å². The van der Waals surface area contributed by atoms with Gasteiger partial charge in [0.25, 0.3) is 11.8 Å². The molecule has 3 heterocycles. The molecular formula is C31H32N6O6S. The SMILES string of the molecule is CC1(C)[C@H](C(=O)OC(c2ccccc2)c2ccccc2)N2C(=O)/C(=C/c3cc(C(=O)NCCN=C(N)N)ccn3)C2S1(=O)=O. The zero-order valence-electron chi connectivity index (χ0n) is 24.1. The summed E-state index contributed by atoms with van der Waals surface area (Å²) in [5.74, 6) is -1.98. The number of carbonyl (C=O) groups is 3. The molecule has 2 atom stereocenters. The Hall–Kier alpha value is -5.04. The first-order valence-electron chi connectivity index (χ1n) is 13.8. The van der Waals surface area contributed by atoms with Gasteiger partial charge in [0.05, 0.1) is 17.8 Å². The van der Waals surface area contributed by atoms with Crippen LogP contribution in [0.15, 0.2) is 89.6 Å². The third-order valence-electron chi connectivity index (χ3n) is 7.66. The summed E-state index contributed by atoms with van der Waals surface area (Å²) in [5, 5.41) is 1.29. The van der Waals surface area contributed by atoms with E-state index in [0.717, 1.165) is 4.90 Å². The van der Waals surface area contributed by atoms with E-state index in [2.05, 4.69) is 15.3 Å². The van der Waals surface area contributed by atoms with E-state index in [1.165, 1.54) is 38.3 Å². The maximum Gasteiger partial charge on any atom is 0.331 e. The summed E-state index contributed by atoms with van der Waals surface area (Å²) in [6.45, 7) is 3.22. The highest BCUT2D eigenvalue weighted by Gasteiger charge is 2.70. The number of fused-ring (bicyclic) bond motifs is 1. The van der Waals surface area contributed by atoms with Crippen LogP contribution in [0.2, 0.25) is 0 Å². The average Bonchev–Trinajstić information content (AvgIpc) is 3.16. The monoisotopic (exact) mass is 616 g/mol. The number of pyridine rings is 1. The first kappa shape index (κ1) is 30.4. The van der Waals surface area contributed by atoms with Crippen molar-refractivity contribution in [1.29, 1.82) is 0 Å². The zero-order chi connectivity index (χ0) is 31.6. The number of benzene rings is 2. The van der Waals surface area contributed by atoms with Crippen molar-refractivity contribution in [2.75, 3.05) is 13.1 Å². The van der Waals surface area contributed by atoms with Crippen LogP contribution >= 0.6 is 0 Å². The molecule has 2 aliphatic heterocycles. The van der Waals surface area contributed by atoms with Crippen LogP contribution in [0, 0.1) is 0 Å². The van der Waals surface area contributed by atoms with E-state index in [1.807, 2.05) is 60.7 Å². The highest BCUT2D eigenvalue weighted by Crippen LogP contribution is 2.49. The van der Waals surface area contributed by atoms with Crippen molar-refractivity contribution < 1.29 is 27.5 Å². The van der Waals surface area contributed by atoms with E-state index in [0.29, 0.717) is 11.1 Å². The number of aromatic nitrogens is 1. The number of amides is 2. The number of hydrogen-bond donors (Lipinski definition) is 3. The van der Waals surface area contributed by atoms with Crippen LogP contribution < -0.4 is 16.8 Å². The Kier molecular flexibility index (Phi) is 8.24. The van der Waals surface area contributed by atoms with Gasteiger partial charge in [-0.25, -0.2) is 13.2 Å². The Morgan fingerprint density at radius 1 is 1.07 bits per heavy atom. The number of β-lactam (4-membered cyclic amide) rings is 1. The lowest BCUT2D eigenvalue weighted by atomic mass is 9.94.